The molecule has 0 aliphatic carbocycles. The smallest absolute Gasteiger partial charge is 0.293 e. The standard InChI is InChI=1S/C27H18N2O5/c30-26(19-10-5-7-16-6-1-2-8-18(16)19)29-24-20-9-3-4-11-21(20)34-25(24)27(31)28-17-12-13-22-23(14-17)33-15-32-22/h1-14H,15H2,(H,28,31)(H,29,30). The molecule has 2 amide bonds. The number of furan rings is 1. The lowest BCUT2D eigenvalue weighted by molar-refractivity contribution is 0.0999. The van der Waals surface area contributed by atoms with Gasteiger partial charge in [-0.1, -0.05) is 48.5 Å². The van der Waals surface area contributed by atoms with Crippen LogP contribution in [-0.4, -0.2) is 18.6 Å². The van der Waals surface area contributed by atoms with Crippen molar-refractivity contribution in [1.29, 1.82) is 0 Å². The first-order valence-electron chi connectivity index (χ1n) is 10.7. The van der Waals surface area contributed by atoms with E-state index in [1.54, 1.807) is 36.4 Å². The van der Waals surface area contributed by atoms with Gasteiger partial charge in [0, 0.05) is 22.7 Å². The van der Waals surface area contributed by atoms with Gasteiger partial charge in [0.1, 0.15) is 11.3 Å². The van der Waals surface area contributed by atoms with E-state index in [2.05, 4.69) is 10.6 Å². The van der Waals surface area contributed by atoms with E-state index in [0.29, 0.717) is 39.4 Å². The van der Waals surface area contributed by atoms with Crippen molar-refractivity contribution in [3.8, 4) is 11.5 Å². The molecule has 0 atom stereocenters. The van der Waals surface area contributed by atoms with E-state index >= 15 is 0 Å². The summed E-state index contributed by atoms with van der Waals surface area (Å²) in [6, 6.07) is 25.5. The van der Waals surface area contributed by atoms with Crippen molar-refractivity contribution < 1.29 is 23.5 Å². The number of ether oxygens (including phenoxy) is 2. The van der Waals surface area contributed by atoms with Crippen molar-refractivity contribution in [3.05, 3.63) is 96.3 Å². The lowest BCUT2D eigenvalue weighted by Crippen LogP contribution is -2.17. The minimum atomic E-state index is -0.497. The highest BCUT2D eigenvalue weighted by Gasteiger charge is 2.24. The third-order valence-corrected chi connectivity index (χ3v) is 5.70. The van der Waals surface area contributed by atoms with Gasteiger partial charge in [0.15, 0.2) is 11.5 Å². The summed E-state index contributed by atoms with van der Waals surface area (Å²) in [4.78, 5) is 26.5. The molecule has 0 bridgehead atoms. The monoisotopic (exact) mass is 450 g/mol. The minimum absolute atomic E-state index is 0.00690. The molecule has 1 aliphatic heterocycles. The van der Waals surface area contributed by atoms with Gasteiger partial charge in [-0.2, -0.15) is 0 Å². The molecular weight excluding hydrogens is 432 g/mol. The van der Waals surface area contributed by atoms with Crippen LogP contribution in [0.1, 0.15) is 20.9 Å². The maximum atomic E-state index is 13.3. The summed E-state index contributed by atoms with van der Waals surface area (Å²) in [5, 5.41) is 8.13. The molecule has 0 unspecified atom stereocenters. The van der Waals surface area contributed by atoms with Crippen molar-refractivity contribution in [2.75, 3.05) is 17.4 Å². The number of fused-ring (bicyclic) bond motifs is 3. The van der Waals surface area contributed by atoms with Crippen LogP contribution < -0.4 is 20.1 Å². The van der Waals surface area contributed by atoms with Crippen molar-refractivity contribution in [1.82, 2.24) is 0 Å². The molecule has 4 aromatic carbocycles. The number of carbonyl (C=O) groups is 2. The van der Waals surface area contributed by atoms with Gasteiger partial charge in [-0.05, 0) is 41.1 Å². The average Bonchev–Trinajstić information content (AvgIpc) is 3.48. The average molecular weight is 450 g/mol. The van der Waals surface area contributed by atoms with E-state index < -0.39 is 5.91 Å². The first-order valence-corrected chi connectivity index (χ1v) is 10.7. The van der Waals surface area contributed by atoms with E-state index in [1.165, 1.54) is 0 Å². The SMILES string of the molecule is O=C(Nc1ccc2c(c1)OCO2)c1oc2ccccc2c1NC(=O)c1cccc2ccccc12. The molecule has 1 aromatic heterocycles. The fraction of sp³-hybridized carbons (Fsp3) is 0.0370. The van der Waals surface area contributed by atoms with Crippen LogP contribution in [0.25, 0.3) is 21.7 Å². The van der Waals surface area contributed by atoms with Crippen LogP contribution in [0.15, 0.2) is 89.3 Å². The molecule has 7 nitrogen and oxygen atoms in total. The molecule has 0 radical (unpaired) electrons. The number of benzene rings is 4. The predicted octanol–water partition coefficient (Wildman–Crippen LogP) is 5.82. The number of anilines is 2. The molecule has 1 aliphatic rings. The molecule has 2 heterocycles. The zero-order valence-corrected chi connectivity index (χ0v) is 17.8. The molecule has 7 heteroatoms. The number of rotatable bonds is 4. The van der Waals surface area contributed by atoms with Crippen LogP contribution in [0.3, 0.4) is 0 Å². The van der Waals surface area contributed by atoms with Gasteiger partial charge in [-0.3, -0.25) is 9.59 Å². The summed E-state index contributed by atoms with van der Waals surface area (Å²) in [6.07, 6.45) is 0. The molecule has 6 rings (SSSR count). The molecule has 0 spiro atoms. The molecule has 2 N–H and O–H groups in total. The first kappa shape index (κ1) is 19.9. The number of amides is 2. The molecule has 0 saturated heterocycles. The third kappa shape index (κ3) is 3.40. The summed E-state index contributed by atoms with van der Waals surface area (Å²) in [7, 11) is 0. The minimum Gasteiger partial charge on any atom is -0.454 e. The Kier molecular flexibility index (Phi) is 4.66. The van der Waals surface area contributed by atoms with Crippen LogP contribution in [-0.2, 0) is 0 Å². The first-order chi connectivity index (χ1) is 16.7. The van der Waals surface area contributed by atoms with Gasteiger partial charge in [-0.15, -0.1) is 0 Å². The maximum absolute atomic E-state index is 13.3. The third-order valence-electron chi connectivity index (χ3n) is 5.70. The Hall–Kier alpha value is -4.78. The molecule has 0 saturated carbocycles. The fourth-order valence-electron chi connectivity index (χ4n) is 4.10. The number of nitrogens with one attached hydrogen (secondary N) is 2. The van der Waals surface area contributed by atoms with Crippen molar-refractivity contribution in [3.63, 3.8) is 0 Å². The Balaban J connectivity index is 1.36. The Labute approximate surface area is 193 Å². The van der Waals surface area contributed by atoms with Gasteiger partial charge in [0.2, 0.25) is 12.6 Å². The van der Waals surface area contributed by atoms with Gasteiger partial charge >= 0.3 is 0 Å². The summed E-state index contributed by atoms with van der Waals surface area (Å²) in [6.45, 7) is 0.140. The largest absolute Gasteiger partial charge is 0.454 e. The fourth-order valence-corrected chi connectivity index (χ4v) is 4.10. The van der Waals surface area contributed by atoms with Crippen LogP contribution in [0.5, 0.6) is 11.5 Å². The highest BCUT2D eigenvalue weighted by Crippen LogP contribution is 2.36. The molecule has 166 valence electrons. The normalized spacial score (nSPS) is 12.1. The summed E-state index contributed by atoms with van der Waals surface area (Å²) in [5.74, 6) is 0.341. The van der Waals surface area contributed by atoms with E-state index in [0.717, 1.165) is 10.8 Å². The highest BCUT2D eigenvalue weighted by molar-refractivity contribution is 6.19. The number of hydrogen-bond acceptors (Lipinski definition) is 5. The highest BCUT2D eigenvalue weighted by atomic mass is 16.7. The van der Waals surface area contributed by atoms with Crippen molar-refractivity contribution in [2.45, 2.75) is 0 Å². The lowest BCUT2D eigenvalue weighted by atomic mass is 10.0. The van der Waals surface area contributed by atoms with Crippen LogP contribution in [0, 0.1) is 0 Å². The molecule has 5 aromatic rings. The van der Waals surface area contributed by atoms with E-state index in [-0.39, 0.29) is 18.5 Å². The Bertz CT molecular complexity index is 1580. The zero-order valence-electron chi connectivity index (χ0n) is 17.8. The van der Waals surface area contributed by atoms with Crippen molar-refractivity contribution >= 4 is 44.9 Å². The van der Waals surface area contributed by atoms with E-state index in [9.17, 15) is 9.59 Å². The summed E-state index contributed by atoms with van der Waals surface area (Å²) >= 11 is 0. The molecule has 34 heavy (non-hydrogen) atoms. The topological polar surface area (TPSA) is 89.8 Å². The molecular formula is C27H18N2O5. The van der Waals surface area contributed by atoms with Gasteiger partial charge in [0.25, 0.3) is 11.8 Å². The van der Waals surface area contributed by atoms with Crippen LogP contribution >= 0.6 is 0 Å². The predicted molar refractivity (Wildman–Crippen MR) is 129 cm³/mol. The Morgan fingerprint density at radius 3 is 2.38 bits per heavy atom. The number of carbonyl (C=O) groups excluding carboxylic acids is 2. The quantitative estimate of drug-likeness (QED) is 0.360. The maximum Gasteiger partial charge on any atom is 0.293 e. The Morgan fingerprint density at radius 2 is 1.47 bits per heavy atom. The lowest BCUT2D eigenvalue weighted by Gasteiger charge is -2.09. The zero-order chi connectivity index (χ0) is 23.1. The number of para-hydroxylation sites is 1. The Morgan fingerprint density at radius 1 is 0.706 bits per heavy atom. The van der Waals surface area contributed by atoms with Crippen LogP contribution in [0.2, 0.25) is 0 Å². The summed E-state index contributed by atoms with van der Waals surface area (Å²) in [5.41, 5.74) is 1.82. The van der Waals surface area contributed by atoms with Crippen molar-refractivity contribution in [2.24, 2.45) is 0 Å². The number of hydrogen-bond donors (Lipinski definition) is 2. The summed E-state index contributed by atoms with van der Waals surface area (Å²) < 4.78 is 16.6. The second-order valence-electron chi connectivity index (χ2n) is 7.81. The molecule has 0 fully saturated rings. The van der Waals surface area contributed by atoms with E-state index in [4.69, 9.17) is 13.9 Å². The van der Waals surface area contributed by atoms with E-state index in [1.807, 2.05) is 48.5 Å². The second kappa shape index (κ2) is 7.97. The van der Waals surface area contributed by atoms with Gasteiger partial charge < -0.3 is 24.5 Å². The van der Waals surface area contributed by atoms with Gasteiger partial charge in [0.05, 0.1) is 0 Å². The van der Waals surface area contributed by atoms with Gasteiger partial charge in [-0.25, -0.2) is 0 Å². The van der Waals surface area contributed by atoms with Crippen LogP contribution in [0.4, 0.5) is 11.4 Å². The second-order valence-corrected chi connectivity index (χ2v) is 7.81.